The van der Waals surface area contributed by atoms with Gasteiger partial charge in [0.1, 0.15) is 6.54 Å². The van der Waals surface area contributed by atoms with Gasteiger partial charge in [-0.15, -0.1) is 0 Å². The van der Waals surface area contributed by atoms with E-state index < -0.39 is 18.1 Å². The predicted molar refractivity (Wildman–Crippen MR) is 158 cm³/mol. The Hall–Kier alpha value is -3.73. The van der Waals surface area contributed by atoms with Gasteiger partial charge < -0.3 is 25.0 Å². The summed E-state index contributed by atoms with van der Waals surface area (Å²) >= 11 is 0. The van der Waals surface area contributed by atoms with Gasteiger partial charge in [-0.2, -0.15) is 18.4 Å². The number of rotatable bonds is 9. The number of aromatic nitrogens is 2. The molecule has 1 aliphatic rings. The molecule has 0 saturated carbocycles. The van der Waals surface area contributed by atoms with Crippen LogP contribution in [0.1, 0.15) is 38.1 Å². The Morgan fingerprint density at radius 1 is 1.12 bits per heavy atom. The average molecular weight is 566 g/mol. The van der Waals surface area contributed by atoms with Crippen LogP contribution in [0.5, 0.6) is 0 Å². The Morgan fingerprint density at radius 2 is 1.88 bits per heavy atom. The molecule has 2 N–H and O–H groups in total. The van der Waals surface area contributed by atoms with Gasteiger partial charge in [0.15, 0.2) is 0 Å². The van der Waals surface area contributed by atoms with Crippen LogP contribution in [0.4, 0.5) is 24.5 Å². The van der Waals surface area contributed by atoms with Crippen molar-refractivity contribution in [3.63, 3.8) is 0 Å². The molecule has 1 aliphatic heterocycles. The molecule has 7 nitrogen and oxygen atoms in total. The first-order valence-corrected chi connectivity index (χ1v) is 13.9. The minimum Gasteiger partial charge on any atom is -0.382 e. The highest BCUT2D eigenvalue weighted by Crippen LogP contribution is 2.31. The van der Waals surface area contributed by atoms with E-state index in [1.54, 1.807) is 44.3 Å². The Balaban J connectivity index is 1.48. The number of alkyl halides is 3. The van der Waals surface area contributed by atoms with E-state index in [0.29, 0.717) is 22.6 Å². The maximum absolute atomic E-state index is 13.6. The molecule has 1 fully saturated rings. The first-order chi connectivity index (χ1) is 19.4. The second kappa shape index (κ2) is 12.8. The molecular formula is C31H38F3N7. The van der Waals surface area contributed by atoms with Gasteiger partial charge in [-0.25, -0.2) is 0 Å². The van der Waals surface area contributed by atoms with Crippen molar-refractivity contribution in [1.82, 2.24) is 19.4 Å². The molecule has 0 atom stereocenters. The summed E-state index contributed by atoms with van der Waals surface area (Å²) in [6, 6.07) is 13.3. The van der Waals surface area contributed by atoms with Crippen LogP contribution in [0.3, 0.4) is 0 Å². The van der Waals surface area contributed by atoms with Crippen LogP contribution in [0.2, 0.25) is 0 Å². The van der Waals surface area contributed by atoms with E-state index in [-0.39, 0.29) is 12.6 Å². The van der Waals surface area contributed by atoms with Crippen molar-refractivity contribution in [1.29, 1.82) is 5.26 Å². The number of nitriles is 1. The molecule has 0 aliphatic carbocycles. The van der Waals surface area contributed by atoms with Crippen molar-refractivity contribution in [3.05, 3.63) is 54.0 Å². The Kier molecular flexibility index (Phi) is 9.47. The molecule has 0 unspecified atom stereocenters. The lowest BCUT2D eigenvalue weighted by molar-refractivity contribution is -0.140. The van der Waals surface area contributed by atoms with E-state index in [2.05, 4.69) is 57.4 Å². The van der Waals surface area contributed by atoms with E-state index in [1.807, 2.05) is 12.1 Å². The van der Waals surface area contributed by atoms with Gasteiger partial charge in [-0.05, 0) is 77.0 Å². The Bertz CT molecular complexity index is 1410. The van der Waals surface area contributed by atoms with Gasteiger partial charge in [0.05, 0.1) is 46.8 Å². The highest BCUT2D eigenvalue weighted by Gasteiger charge is 2.30. The smallest absolute Gasteiger partial charge is 0.382 e. The van der Waals surface area contributed by atoms with Crippen molar-refractivity contribution in [2.75, 3.05) is 57.5 Å². The first kappa shape index (κ1) is 30.2. The molecule has 4 rings (SSSR count). The van der Waals surface area contributed by atoms with Crippen LogP contribution in [-0.4, -0.2) is 78.4 Å². The van der Waals surface area contributed by atoms with Gasteiger partial charge in [-0.3, -0.25) is 4.98 Å². The number of piperidine rings is 1. The summed E-state index contributed by atoms with van der Waals surface area (Å²) in [5.41, 5.74) is 2.34. The predicted octanol–water partition coefficient (Wildman–Crippen LogP) is 5.30. The molecular weight excluding hydrogens is 527 g/mol. The van der Waals surface area contributed by atoms with E-state index in [9.17, 15) is 18.4 Å². The Morgan fingerprint density at radius 3 is 2.51 bits per heavy atom. The lowest BCUT2D eigenvalue weighted by Gasteiger charge is -2.33. The van der Waals surface area contributed by atoms with Crippen LogP contribution < -0.4 is 10.6 Å². The van der Waals surface area contributed by atoms with Crippen LogP contribution in [0.25, 0.3) is 10.9 Å². The molecule has 0 radical (unpaired) electrons. The third-order valence-corrected chi connectivity index (χ3v) is 7.37. The summed E-state index contributed by atoms with van der Waals surface area (Å²) in [5, 5.41) is 16.8. The first-order valence-electron chi connectivity index (χ1n) is 13.9. The van der Waals surface area contributed by atoms with Gasteiger partial charge in [-0.1, -0.05) is 12.0 Å². The number of hydrogen-bond acceptors (Lipinski definition) is 6. The molecule has 41 heavy (non-hydrogen) atoms. The standard InChI is InChI=1S/C31H38F3N7/c1-30(2,21-35)29-11-10-24(20-37-29)36-14-6-7-25-19-26-27(8-5-9-28(26)41(25)22-31(32,33)34)38-23-12-15-40(16-13-23)18-17-39(3)4/h5,8-11,19-20,23,36,38H,12-18,22H2,1-4H3. The van der Waals surface area contributed by atoms with Crippen molar-refractivity contribution < 1.29 is 13.2 Å². The van der Waals surface area contributed by atoms with E-state index in [1.165, 1.54) is 4.57 Å². The molecule has 0 spiro atoms. The topological polar surface area (TPSA) is 72.2 Å². The number of anilines is 2. The molecule has 1 aromatic carbocycles. The Labute approximate surface area is 240 Å². The summed E-state index contributed by atoms with van der Waals surface area (Å²) in [7, 11) is 4.15. The number of nitrogens with zero attached hydrogens (tertiary/aromatic N) is 5. The fourth-order valence-corrected chi connectivity index (χ4v) is 4.93. The maximum atomic E-state index is 13.6. The minimum absolute atomic E-state index is 0.230. The zero-order valence-electron chi connectivity index (χ0n) is 24.1. The minimum atomic E-state index is -4.38. The summed E-state index contributed by atoms with van der Waals surface area (Å²) in [4.78, 5) is 8.98. The number of halogens is 3. The molecule has 3 aromatic rings. The van der Waals surface area contributed by atoms with Gasteiger partial charge >= 0.3 is 6.18 Å². The maximum Gasteiger partial charge on any atom is 0.406 e. The summed E-state index contributed by atoms with van der Waals surface area (Å²) in [6.07, 6.45) is -0.792. The van der Waals surface area contributed by atoms with Crippen molar-refractivity contribution >= 4 is 22.3 Å². The van der Waals surface area contributed by atoms with Gasteiger partial charge in [0.2, 0.25) is 0 Å². The van der Waals surface area contributed by atoms with Crippen molar-refractivity contribution in [2.24, 2.45) is 0 Å². The zero-order chi connectivity index (χ0) is 29.6. The molecule has 218 valence electrons. The quantitative estimate of drug-likeness (QED) is 0.343. The third kappa shape index (κ3) is 8.16. The van der Waals surface area contributed by atoms with Crippen LogP contribution >= 0.6 is 0 Å². The number of benzene rings is 1. The number of fused-ring (bicyclic) bond motifs is 1. The highest BCUT2D eigenvalue weighted by molar-refractivity contribution is 5.94. The number of nitrogens with one attached hydrogen (secondary N) is 2. The number of pyridine rings is 1. The molecule has 10 heteroatoms. The summed E-state index contributed by atoms with van der Waals surface area (Å²) in [6.45, 7) is 6.76. The van der Waals surface area contributed by atoms with Crippen molar-refractivity contribution in [3.8, 4) is 17.9 Å². The van der Waals surface area contributed by atoms with Crippen LogP contribution in [0.15, 0.2) is 42.6 Å². The van der Waals surface area contributed by atoms with Crippen LogP contribution in [0, 0.1) is 23.2 Å². The number of likely N-dealkylation sites (tertiary alicyclic amines) is 1. The third-order valence-electron chi connectivity index (χ3n) is 7.37. The molecule has 2 aromatic heterocycles. The molecule has 3 heterocycles. The number of likely N-dealkylation sites (N-methyl/N-ethyl adjacent to an activating group) is 1. The second-order valence-corrected chi connectivity index (χ2v) is 11.4. The average Bonchev–Trinajstić information content (AvgIpc) is 3.27. The SMILES string of the molecule is CN(C)CCN1CCC(Nc2cccc3c2cc(C#CCNc2ccc(C(C)(C)C#N)nc2)n3CC(F)(F)F)CC1. The lowest BCUT2D eigenvalue weighted by Crippen LogP contribution is -2.41. The van der Waals surface area contributed by atoms with Gasteiger partial charge in [0.25, 0.3) is 0 Å². The normalized spacial score (nSPS) is 15.0. The fourth-order valence-electron chi connectivity index (χ4n) is 4.93. The molecule has 1 saturated heterocycles. The zero-order valence-corrected chi connectivity index (χ0v) is 24.1. The highest BCUT2D eigenvalue weighted by atomic mass is 19.4. The van der Waals surface area contributed by atoms with E-state index in [0.717, 1.165) is 50.1 Å². The van der Waals surface area contributed by atoms with Crippen LogP contribution in [-0.2, 0) is 12.0 Å². The van der Waals surface area contributed by atoms with Gasteiger partial charge in [0, 0.05) is 43.3 Å². The summed E-state index contributed by atoms with van der Waals surface area (Å²) < 4.78 is 42.0. The van der Waals surface area contributed by atoms with E-state index >= 15 is 0 Å². The molecule has 0 bridgehead atoms. The van der Waals surface area contributed by atoms with Crippen molar-refractivity contribution in [2.45, 2.75) is 50.9 Å². The fraction of sp³-hybridized carbons (Fsp3) is 0.484. The lowest BCUT2D eigenvalue weighted by atomic mass is 9.91. The molecule has 0 amide bonds. The van der Waals surface area contributed by atoms with E-state index in [4.69, 9.17) is 0 Å². The monoisotopic (exact) mass is 565 g/mol. The second-order valence-electron chi connectivity index (χ2n) is 11.4. The number of hydrogen-bond donors (Lipinski definition) is 2. The summed E-state index contributed by atoms with van der Waals surface area (Å²) in [5.74, 6) is 5.91. The largest absolute Gasteiger partial charge is 0.406 e.